The van der Waals surface area contributed by atoms with E-state index in [1.165, 1.54) is 0 Å². The molecule has 1 aromatic heterocycles. The summed E-state index contributed by atoms with van der Waals surface area (Å²) in [5.74, 6) is 1.45. The third-order valence-corrected chi connectivity index (χ3v) is 13.2. The van der Waals surface area contributed by atoms with Gasteiger partial charge >= 0.3 is 0 Å². The number of aromatic nitrogens is 1. The van der Waals surface area contributed by atoms with Crippen molar-refractivity contribution in [3.8, 4) is 0 Å². The predicted octanol–water partition coefficient (Wildman–Crippen LogP) is 5.59. The van der Waals surface area contributed by atoms with Gasteiger partial charge in [0.15, 0.2) is 12.2 Å². The third-order valence-electron chi connectivity index (χ3n) is 10.8. The zero-order valence-corrected chi connectivity index (χ0v) is 39.4. The molecule has 1 unspecified atom stereocenters. The molecule has 0 saturated heterocycles. The van der Waals surface area contributed by atoms with E-state index in [2.05, 4.69) is 105 Å². The molecule has 12 nitrogen and oxygen atoms in total. The minimum atomic E-state index is -0.0519. The van der Waals surface area contributed by atoms with Crippen LogP contribution in [0.15, 0.2) is 91.2 Å². The zero-order valence-electron chi connectivity index (χ0n) is 37.7. The number of hydrogen-bond acceptors (Lipinski definition) is 10. The highest BCUT2D eigenvalue weighted by Gasteiger charge is 2.25. The van der Waals surface area contributed by atoms with Crippen molar-refractivity contribution in [3.63, 3.8) is 0 Å². The average Bonchev–Trinajstić information content (AvgIpc) is 3.65. The van der Waals surface area contributed by atoms with Crippen LogP contribution in [0.2, 0.25) is 0 Å². The third kappa shape index (κ3) is 19.7. The molecule has 2 aromatic carbocycles. The van der Waals surface area contributed by atoms with E-state index in [1.807, 2.05) is 41.1 Å². The van der Waals surface area contributed by atoms with Crippen LogP contribution >= 0.6 is 21.6 Å². The highest BCUT2D eigenvalue weighted by molar-refractivity contribution is 8.76. The molecule has 64 heavy (non-hydrogen) atoms. The number of nitrogens with zero attached hydrogens (tertiary/aromatic N) is 4. The topological polar surface area (TPSA) is 152 Å². The first-order valence-corrected chi connectivity index (χ1v) is 25.4. The first-order chi connectivity index (χ1) is 31.3. The maximum atomic E-state index is 12.9. The summed E-state index contributed by atoms with van der Waals surface area (Å²) in [6.07, 6.45) is 21.0. The number of benzene rings is 2. The van der Waals surface area contributed by atoms with Gasteiger partial charge in [0.2, 0.25) is 24.5 Å². The molecule has 2 heterocycles. The molecule has 0 bridgehead atoms. The van der Waals surface area contributed by atoms with Crippen molar-refractivity contribution in [1.82, 2.24) is 10.6 Å². The first-order valence-electron chi connectivity index (χ1n) is 22.9. The number of anilines is 2. The number of rotatable bonds is 33. The maximum absolute atomic E-state index is 12.9. The molecule has 0 spiro atoms. The fraction of sp³-hybridized carbons (Fsp3) is 0.480. The number of aliphatic hydroxyl groups is 4. The van der Waals surface area contributed by atoms with Gasteiger partial charge < -0.3 is 40.9 Å². The molecule has 348 valence electrons. The molecule has 3 aromatic rings. The number of aliphatic hydroxyl groups excluding tert-OH is 4. The Balaban J connectivity index is 1.14. The molecule has 6 N–H and O–H groups in total. The molecule has 14 heteroatoms. The zero-order chi connectivity index (χ0) is 45.6. The Hall–Kier alpha value is -4.44. The molecule has 1 atom stereocenters. The van der Waals surface area contributed by atoms with Crippen molar-refractivity contribution in [3.05, 3.63) is 108 Å². The summed E-state index contributed by atoms with van der Waals surface area (Å²) >= 11 is 0. The lowest BCUT2D eigenvalue weighted by Crippen LogP contribution is -2.45. The number of unbranched alkanes of at least 4 members (excludes halogenated alkanes) is 4. The van der Waals surface area contributed by atoms with Crippen LogP contribution in [0, 0.1) is 0 Å². The number of hydrogen-bond donors (Lipinski definition) is 6. The van der Waals surface area contributed by atoms with Crippen LogP contribution in [0.3, 0.4) is 0 Å². The van der Waals surface area contributed by atoms with Gasteiger partial charge in [-0.2, -0.15) is 4.57 Å². The summed E-state index contributed by atoms with van der Waals surface area (Å²) < 4.78 is 4.03. The summed E-state index contributed by atoms with van der Waals surface area (Å²) in [6.45, 7) is 7.93. The molecule has 0 radical (unpaired) electrons. The number of carbonyl (C=O) groups is 2. The van der Waals surface area contributed by atoms with Crippen LogP contribution in [-0.2, 0) is 16.1 Å². The summed E-state index contributed by atoms with van der Waals surface area (Å²) in [6, 6.07) is 22.8. The lowest BCUT2D eigenvalue weighted by Gasteiger charge is -2.25. The molecule has 2 amide bonds. The average molecular weight is 917 g/mol. The fourth-order valence-corrected chi connectivity index (χ4v) is 9.01. The van der Waals surface area contributed by atoms with E-state index in [9.17, 15) is 30.0 Å². The quantitative estimate of drug-likeness (QED) is 0.0260. The van der Waals surface area contributed by atoms with Crippen molar-refractivity contribution < 1.29 is 39.2 Å². The molecule has 4 rings (SSSR count). The number of nitrogens with one attached hydrogen (secondary N) is 2. The Morgan fingerprint density at radius 2 is 1.08 bits per heavy atom. The molecule has 1 aliphatic heterocycles. The standard InChI is InChI=1S/C50H70N6O6S2/c1-42-13-20-48(26-19-44-17-24-47(25-18-44)54(31-6-10-36-59)32-7-11-37-60)56(42)41-50(62)52-28-39-64-63-38-27-51-49(61)40-55-33-3-2-12-45(55)21-14-43-15-22-46(23-16-43)53(29-4-8-34-57)30-5-9-35-58/h2-3,12-26,33,42,57-60H,4-11,27-32,34-41H2,1H3/p+2. The second-order valence-electron chi connectivity index (χ2n) is 15.8. The summed E-state index contributed by atoms with van der Waals surface area (Å²) in [7, 11) is 3.36. The Labute approximate surface area is 389 Å². The van der Waals surface area contributed by atoms with Gasteiger partial charge in [-0.05, 0) is 111 Å². The Morgan fingerprint density at radius 1 is 0.609 bits per heavy atom. The highest BCUT2D eigenvalue weighted by Crippen LogP contribution is 2.21. The van der Waals surface area contributed by atoms with Gasteiger partial charge in [-0.25, -0.2) is 4.58 Å². The van der Waals surface area contributed by atoms with E-state index < -0.39 is 0 Å². The minimum Gasteiger partial charge on any atom is -0.396 e. The highest BCUT2D eigenvalue weighted by atomic mass is 33.1. The van der Waals surface area contributed by atoms with Crippen molar-refractivity contribution in [2.75, 3.05) is 93.5 Å². The molecular weight excluding hydrogens is 845 g/mol. The van der Waals surface area contributed by atoms with Crippen LogP contribution in [-0.4, -0.2) is 132 Å². The second kappa shape index (κ2) is 31.4. The van der Waals surface area contributed by atoms with Crippen LogP contribution in [0.1, 0.15) is 75.1 Å². The van der Waals surface area contributed by atoms with Gasteiger partial charge in [-0.3, -0.25) is 9.59 Å². The van der Waals surface area contributed by atoms with E-state index >= 15 is 0 Å². The fourth-order valence-electron chi connectivity index (χ4n) is 7.20. The Morgan fingerprint density at radius 3 is 1.56 bits per heavy atom. The van der Waals surface area contributed by atoms with E-state index in [-0.39, 0.29) is 57.4 Å². The van der Waals surface area contributed by atoms with Crippen molar-refractivity contribution >= 4 is 68.7 Å². The lowest BCUT2D eigenvalue weighted by molar-refractivity contribution is -0.686. The van der Waals surface area contributed by atoms with Crippen LogP contribution in [0.4, 0.5) is 11.4 Å². The number of pyridine rings is 1. The van der Waals surface area contributed by atoms with Gasteiger partial charge in [0.1, 0.15) is 0 Å². The Kier molecular flexibility index (Phi) is 25.6. The van der Waals surface area contributed by atoms with Gasteiger partial charge in [-0.15, -0.1) is 0 Å². The normalized spacial score (nSPS) is 13.7. The van der Waals surface area contributed by atoms with Gasteiger partial charge in [-0.1, -0.05) is 45.9 Å². The monoisotopic (exact) mass is 916 g/mol. The summed E-state index contributed by atoms with van der Waals surface area (Å²) in [4.78, 5) is 30.4. The maximum Gasteiger partial charge on any atom is 0.286 e. The van der Waals surface area contributed by atoms with E-state index in [0.29, 0.717) is 13.1 Å². The van der Waals surface area contributed by atoms with E-state index in [1.54, 1.807) is 21.6 Å². The summed E-state index contributed by atoms with van der Waals surface area (Å²) in [5, 5.41) is 43.0. The Bertz CT molecular complexity index is 1900. The molecular formula is C50H72N6O6S2+2. The minimum absolute atomic E-state index is 0.0180. The van der Waals surface area contributed by atoms with Crippen molar-refractivity contribution in [2.24, 2.45) is 0 Å². The number of amides is 2. The molecule has 0 saturated carbocycles. The first kappa shape index (κ1) is 52.2. The van der Waals surface area contributed by atoms with Gasteiger partial charge in [0.25, 0.3) is 11.8 Å². The number of allylic oxidation sites excluding steroid dienone is 2. The van der Waals surface area contributed by atoms with Gasteiger partial charge in [0.05, 0.1) is 0 Å². The van der Waals surface area contributed by atoms with Crippen LogP contribution in [0.25, 0.3) is 18.2 Å². The SMILES string of the molecule is CC1C=CC(/C=C/c2ccc(N(CCCCO)CCCCO)cc2)=[N+]1CC(=O)NCCSSCCNC(=O)C[n+]1ccccc1/C=C/c1ccc(N(CCCCO)CCCCO)cc1. The van der Waals surface area contributed by atoms with Crippen molar-refractivity contribution in [2.45, 2.75) is 70.9 Å². The van der Waals surface area contributed by atoms with E-state index in [0.717, 1.165) is 123 Å². The largest absolute Gasteiger partial charge is 0.396 e. The smallest absolute Gasteiger partial charge is 0.286 e. The van der Waals surface area contributed by atoms with Crippen LogP contribution in [0.5, 0.6) is 0 Å². The van der Waals surface area contributed by atoms with Crippen LogP contribution < -0.4 is 25.0 Å². The molecule has 1 aliphatic rings. The van der Waals surface area contributed by atoms with Crippen molar-refractivity contribution in [1.29, 1.82) is 0 Å². The predicted molar refractivity (Wildman–Crippen MR) is 267 cm³/mol. The molecule has 0 aliphatic carbocycles. The molecule has 0 fully saturated rings. The lowest BCUT2D eigenvalue weighted by atomic mass is 10.1. The van der Waals surface area contributed by atoms with E-state index in [4.69, 9.17) is 0 Å². The summed E-state index contributed by atoms with van der Waals surface area (Å²) in [5.41, 5.74) is 6.30. The number of carbonyl (C=O) groups excluding carboxylic acids is 2. The second-order valence-corrected chi connectivity index (χ2v) is 18.5. The van der Waals surface area contributed by atoms with Gasteiger partial charge in [0, 0.05) is 126 Å².